The number of esters is 1. The number of carbonyl (C=O) groups is 1. The number of benzene rings is 2. The van der Waals surface area contributed by atoms with E-state index >= 15 is 0 Å². The second-order valence-corrected chi connectivity index (χ2v) is 7.43. The molecule has 24 heavy (non-hydrogen) atoms. The molecule has 0 aromatic heterocycles. The fourth-order valence-corrected chi connectivity index (χ4v) is 4.72. The molecule has 0 bridgehead atoms. The van der Waals surface area contributed by atoms with E-state index in [9.17, 15) is 9.35 Å². The van der Waals surface area contributed by atoms with E-state index in [1.165, 1.54) is 0 Å². The number of carbonyl (C=O) groups excluding carboxylic acids is 1. The van der Waals surface area contributed by atoms with Crippen molar-refractivity contribution in [2.45, 2.75) is 42.1 Å². The Morgan fingerprint density at radius 3 is 2.08 bits per heavy atom. The molecule has 2 aromatic carbocycles. The Balaban J connectivity index is 2.29. The first-order valence-corrected chi connectivity index (χ1v) is 9.16. The Labute approximate surface area is 145 Å². The summed E-state index contributed by atoms with van der Waals surface area (Å²) in [5.74, 6) is -0.430. The van der Waals surface area contributed by atoms with Crippen LogP contribution in [0.2, 0.25) is 0 Å². The zero-order valence-corrected chi connectivity index (χ0v) is 14.7. The molecule has 3 rings (SSSR count). The highest BCUT2D eigenvalue weighted by Crippen LogP contribution is 2.49. The van der Waals surface area contributed by atoms with Crippen molar-refractivity contribution in [3.05, 3.63) is 71.8 Å². The Morgan fingerprint density at radius 1 is 1.12 bits per heavy atom. The molecule has 0 radical (unpaired) electrons. The van der Waals surface area contributed by atoms with Gasteiger partial charge in [0.15, 0.2) is 15.4 Å². The summed E-state index contributed by atoms with van der Waals surface area (Å²) in [6, 6.07) is 15.0. The average molecular weight is 340 g/mol. The second kappa shape index (κ2) is 6.46. The zero-order chi connectivity index (χ0) is 17.3. The summed E-state index contributed by atoms with van der Waals surface area (Å²) >= 11 is -1.28. The number of ether oxygens (including phenoxy) is 1. The van der Waals surface area contributed by atoms with Gasteiger partial charge in [0.2, 0.25) is 0 Å². The maximum Gasteiger partial charge on any atom is 0.334 e. The van der Waals surface area contributed by atoms with Gasteiger partial charge in [0.25, 0.3) is 0 Å². The van der Waals surface area contributed by atoms with Gasteiger partial charge in [-0.1, -0.05) is 44.2 Å². The van der Waals surface area contributed by atoms with E-state index in [0.717, 1.165) is 17.5 Å². The van der Waals surface area contributed by atoms with E-state index < -0.39 is 22.7 Å². The molecule has 0 spiro atoms. The molecule has 0 atom stereocenters. The lowest BCUT2D eigenvalue weighted by Gasteiger charge is -2.39. The van der Waals surface area contributed by atoms with Crippen LogP contribution in [0.4, 0.5) is 0 Å². The highest BCUT2D eigenvalue weighted by atomic mass is 32.2. The standard InChI is InChI=1S/C20H20O3S/c1-4-13-20(23-19(21)14(2)3)15-9-5-7-11-17(15)24(22)18-12-8-6-10-16(18)20/h5-12H,2,4,13H2,1,3H3. The third kappa shape index (κ3) is 2.56. The highest BCUT2D eigenvalue weighted by Gasteiger charge is 2.49. The van der Waals surface area contributed by atoms with Gasteiger partial charge < -0.3 is 9.29 Å². The lowest BCUT2D eigenvalue weighted by atomic mass is 9.81. The predicted molar refractivity (Wildman–Crippen MR) is 94.2 cm³/mol. The Kier molecular flexibility index (Phi) is 4.52. The van der Waals surface area contributed by atoms with Crippen LogP contribution in [0.15, 0.2) is 70.5 Å². The summed E-state index contributed by atoms with van der Waals surface area (Å²) in [6.45, 7) is 7.39. The molecule has 1 aliphatic heterocycles. The van der Waals surface area contributed by atoms with Crippen molar-refractivity contribution in [2.24, 2.45) is 0 Å². The summed E-state index contributed by atoms with van der Waals surface area (Å²) < 4.78 is 19.0. The number of hydrogen-bond acceptors (Lipinski definition) is 3. The first kappa shape index (κ1) is 16.8. The van der Waals surface area contributed by atoms with Crippen LogP contribution in [0.3, 0.4) is 0 Å². The summed E-state index contributed by atoms with van der Waals surface area (Å²) in [5.41, 5.74) is 1.04. The van der Waals surface area contributed by atoms with Crippen molar-refractivity contribution in [1.29, 1.82) is 0 Å². The van der Waals surface area contributed by atoms with Crippen molar-refractivity contribution in [3.63, 3.8) is 0 Å². The van der Waals surface area contributed by atoms with Crippen LogP contribution in [-0.4, -0.2) is 10.5 Å². The van der Waals surface area contributed by atoms with Crippen LogP contribution in [0.5, 0.6) is 0 Å². The summed E-state index contributed by atoms with van der Waals surface area (Å²) in [6.07, 6.45) is 1.44. The van der Waals surface area contributed by atoms with Gasteiger partial charge in [-0.3, -0.25) is 0 Å². The topological polar surface area (TPSA) is 49.4 Å². The molecule has 0 fully saturated rings. The Hall–Kier alpha value is -2.04. The summed E-state index contributed by atoms with van der Waals surface area (Å²) in [7, 11) is 0. The molecule has 124 valence electrons. The van der Waals surface area contributed by atoms with Gasteiger partial charge in [-0.05, 0) is 37.6 Å². The normalized spacial score (nSPS) is 21.5. The minimum absolute atomic E-state index is 0.354. The third-order valence-corrected chi connectivity index (χ3v) is 5.77. The largest absolute Gasteiger partial charge is 0.606 e. The maximum atomic E-state index is 13.0. The molecule has 1 aliphatic rings. The van der Waals surface area contributed by atoms with Gasteiger partial charge in [0.05, 0.1) is 11.1 Å². The van der Waals surface area contributed by atoms with Gasteiger partial charge in [0.1, 0.15) is 0 Å². The average Bonchev–Trinajstić information content (AvgIpc) is 2.60. The van der Waals surface area contributed by atoms with Crippen LogP contribution in [0.1, 0.15) is 37.8 Å². The van der Waals surface area contributed by atoms with Crippen molar-refractivity contribution in [3.8, 4) is 0 Å². The molecule has 0 unspecified atom stereocenters. The molecule has 3 nitrogen and oxygen atoms in total. The quantitative estimate of drug-likeness (QED) is 0.473. The Bertz CT molecular complexity index is 749. The van der Waals surface area contributed by atoms with Crippen LogP contribution in [0, 0.1) is 0 Å². The highest BCUT2D eigenvalue weighted by molar-refractivity contribution is 7.91. The lowest BCUT2D eigenvalue weighted by Crippen LogP contribution is -2.39. The fourth-order valence-electron chi connectivity index (χ4n) is 3.22. The number of fused-ring (bicyclic) bond motifs is 2. The van der Waals surface area contributed by atoms with E-state index in [4.69, 9.17) is 4.74 Å². The van der Waals surface area contributed by atoms with Crippen molar-refractivity contribution in [2.75, 3.05) is 0 Å². The van der Waals surface area contributed by atoms with E-state index in [2.05, 4.69) is 6.58 Å². The Morgan fingerprint density at radius 2 is 1.62 bits per heavy atom. The van der Waals surface area contributed by atoms with E-state index in [1.807, 2.05) is 55.5 Å². The maximum absolute atomic E-state index is 13.0. The van der Waals surface area contributed by atoms with Gasteiger partial charge in [-0.2, -0.15) is 0 Å². The summed E-state index contributed by atoms with van der Waals surface area (Å²) in [5, 5.41) is 0. The molecule has 1 heterocycles. The molecule has 0 aliphatic carbocycles. The van der Waals surface area contributed by atoms with Crippen molar-refractivity contribution < 1.29 is 14.1 Å². The molecular formula is C20H20O3S. The third-order valence-electron chi connectivity index (χ3n) is 4.26. The fraction of sp³-hybridized carbons (Fsp3) is 0.250. The molecule has 0 amide bonds. The van der Waals surface area contributed by atoms with Crippen LogP contribution >= 0.6 is 0 Å². The van der Waals surface area contributed by atoms with Crippen LogP contribution in [0.25, 0.3) is 0 Å². The van der Waals surface area contributed by atoms with Gasteiger partial charge in [-0.15, -0.1) is 0 Å². The molecule has 0 N–H and O–H groups in total. The number of hydrogen-bond donors (Lipinski definition) is 0. The van der Waals surface area contributed by atoms with E-state index in [1.54, 1.807) is 6.92 Å². The first-order chi connectivity index (χ1) is 11.5. The molecule has 0 saturated carbocycles. The van der Waals surface area contributed by atoms with Crippen molar-refractivity contribution in [1.82, 2.24) is 0 Å². The minimum Gasteiger partial charge on any atom is -0.606 e. The first-order valence-electron chi connectivity index (χ1n) is 8.01. The van der Waals surface area contributed by atoms with Crippen molar-refractivity contribution >= 4 is 17.1 Å². The SMILES string of the molecule is C=C(C)C(=O)OC1(CCC)c2ccccc2[S+]([O-])c2ccccc21. The molecule has 0 saturated heterocycles. The lowest BCUT2D eigenvalue weighted by molar-refractivity contribution is -0.153. The monoisotopic (exact) mass is 340 g/mol. The van der Waals surface area contributed by atoms with Crippen LogP contribution < -0.4 is 0 Å². The predicted octanol–water partition coefficient (Wildman–Crippen LogP) is 4.33. The minimum atomic E-state index is -1.28. The molecule has 4 heteroatoms. The summed E-state index contributed by atoms with van der Waals surface area (Å²) in [4.78, 5) is 13.8. The van der Waals surface area contributed by atoms with E-state index in [-0.39, 0.29) is 0 Å². The van der Waals surface area contributed by atoms with Gasteiger partial charge in [0, 0.05) is 16.7 Å². The van der Waals surface area contributed by atoms with Gasteiger partial charge >= 0.3 is 5.97 Å². The van der Waals surface area contributed by atoms with Crippen LogP contribution in [-0.2, 0) is 26.3 Å². The number of rotatable bonds is 4. The smallest absolute Gasteiger partial charge is 0.334 e. The van der Waals surface area contributed by atoms with E-state index in [0.29, 0.717) is 21.8 Å². The zero-order valence-electron chi connectivity index (χ0n) is 13.9. The van der Waals surface area contributed by atoms with Gasteiger partial charge in [-0.25, -0.2) is 4.79 Å². The second-order valence-electron chi connectivity index (χ2n) is 6.01. The molecular weight excluding hydrogens is 320 g/mol. The molecule has 2 aromatic rings.